The van der Waals surface area contributed by atoms with Crippen molar-refractivity contribution < 1.29 is 4.79 Å². The Bertz CT molecular complexity index is 434. The molecule has 2 heterocycles. The van der Waals surface area contributed by atoms with Crippen LogP contribution in [0.1, 0.15) is 42.2 Å². The summed E-state index contributed by atoms with van der Waals surface area (Å²) in [7, 11) is 1.90. The number of nitrogens with one attached hydrogen (secondary N) is 1. The predicted octanol–water partition coefficient (Wildman–Crippen LogP) is 3.01. The molecule has 122 valence electrons. The Morgan fingerprint density at radius 3 is 2.62 bits per heavy atom. The van der Waals surface area contributed by atoms with Crippen LogP contribution in [0.2, 0.25) is 0 Å². The van der Waals surface area contributed by atoms with Crippen LogP contribution >= 0.6 is 36.2 Å². The molecule has 0 unspecified atom stereocenters. The first-order valence-corrected chi connectivity index (χ1v) is 7.88. The molecule has 4 nitrogen and oxygen atoms in total. The average molecular weight is 354 g/mol. The van der Waals surface area contributed by atoms with E-state index in [1.54, 1.807) is 11.3 Å². The van der Waals surface area contributed by atoms with E-state index in [1.165, 1.54) is 0 Å². The molecule has 0 spiro atoms. The number of rotatable bonds is 4. The smallest absolute Gasteiger partial charge is 0.273 e. The summed E-state index contributed by atoms with van der Waals surface area (Å²) in [6.45, 7) is 6.34. The van der Waals surface area contributed by atoms with Crippen LogP contribution in [0.4, 0.5) is 0 Å². The first-order chi connectivity index (χ1) is 9.08. The maximum atomic E-state index is 12.4. The molecule has 1 aromatic heterocycles. The largest absolute Gasteiger partial charge is 0.337 e. The second kappa shape index (κ2) is 9.62. The topological polar surface area (TPSA) is 45.2 Å². The summed E-state index contributed by atoms with van der Waals surface area (Å²) in [4.78, 5) is 18.7. The van der Waals surface area contributed by atoms with E-state index in [4.69, 9.17) is 0 Å². The molecule has 1 saturated heterocycles. The third-order valence-corrected chi connectivity index (χ3v) is 4.40. The van der Waals surface area contributed by atoms with Gasteiger partial charge in [-0.1, -0.05) is 13.8 Å². The van der Waals surface area contributed by atoms with Crippen molar-refractivity contribution in [1.29, 1.82) is 0 Å². The van der Waals surface area contributed by atoms with E-state index in [1.807, 2.05) is 17.3 Å². The van der Waals surface area contributed by atoms with Crippen molar-refractivity contribution in [1.82, 2.24) is 15.2 Å². The summed E-state index contributed by atoms with van der Waals surface area (Å²) in [6, 6.07) is 0.351. The van der Waals surface area contributed by atoms with Gasteiger partial charge in [0.05, 0.1) is 5.01 Å². The Hall–Kier alpha value is -0.360. The van der Waals surface area contributed by atoms with Gasteiger partial charge >= 0.3 is 0 Å². The third-order valence-electron chi connectivity index (χ3n) is 3.53. The van der Waals surface area contributed by atoms with Crippen LogP contribution in [0.15, 0.2) is 5.38 Å². The van der Waals surface area contributed by atoms with Crippen LogP contribution < -0.4 is 5.32 Å². The first kappa shape index (κ1) is 20.6. The number of halogens is 2. The standard InChI is InChI=1S/C14H23N3OS.2ClH/c1-10(2)8-13-16-12(9-19-13)14(18)17(3)11-4-6-15-7-5-11;;/h9-11,15H,4-8H2,1-3H3;2*1H. The number of piperidine rings is 1. The Labute approximate surface area is 143 Å². The van der Waals surface area contributed by atoms with Crippen LogP contribution in [0, 0.1) is 5.92 Å². The van der Waals surface area contributed by atoms with Crippen LogP contribution in [-0.2, 0) is 6.42 Å². The van der Waals surface area contributed by atoms with E-state index >= 15 is 0 Å². The molecule has 0 aliphatic carbocycles. The number of nitrogens with zero attached hydrogens (tertiary/aromatic N) is 2. The van der Waals surface area contributed by atoms with Gasteiger partial charge in [-0.25, -0.2) is 4.98 Å². The highest BCUT2D eigenvalue weighted by atomic mass is 35.5. The highest BCUT2D eigenvalue weighted by molar-refractivity contribution is 7.09. The molecule has 21 heavy (non-hydrogen) atoms. The summed E-state index contributed by atoms with van der Waals surface area (Å²) in [6.07, 6.45) is 3.02. The quantitative estimate of drug-likeness (QED) is 0.904. The number of hydrogen-bond donors (Lipinski definition) is 1. The molecule has 1 N–H and O–H groups in total. The zero-order chi connectivity index (χ0) is 13.8. The van der Waals surface area contributed by atoms with E-state index in [2.05, 4.69) is 24.1 Å². The summed E-state index contributed by atoms with van der Waals surface area (Å²) >= 11 is 1.60. The first-order valence-electron chi connectivity index (χ1n) is 7.00. The van der Waals surface area contributed by atoms with Crippen molar-refractivity contribution in [3.63, 3.8) is 0 Å². The second-order valence-corrected chi connectivity index (χ2v) is 6.56. The van der Waals surface area contributed by atoms with Crippen LogP contribution in [0.3, 0.4) is 0 Å². The zero-order valence-corrected chi connectivity index (χ0v) is 15.2. The van der Waals surface area contributed by atoms with Gasteiger partial charge in [0.2, 0.25) is 0 Å². The van der Waals surface area contributed by atoms with E-state index in [9.17, 15) is 4.79 Å². The van der Waals surface area contributed by atoms with E-state index in [0.717, 1.165) is 37.4 Å². The molecule has 1 aliphatic heterocycles. The minimum atomic E-state index is 0. The number of amides is 1. The number of thiazole rings is 1. The number of carbonyl (C=O) groups excluding carboxylic acids is 1. The minimum Gasteiger partial charge on any atom is -0.337 e. The third kappa shape index (κ3) is 5.74. The molecule has 1 amide bonds. The van der Waals surface area contributed by atoms with Crippen molar-refractivity contribution in [2.24, 2.45) is 5.92 Å². The van der Waals surface area contributed by atoms with Crippen LogP contribution in [-0.4, -0.2) is 42.0 Å². The summed E-state index contributed by atoms with van der Waals surface area (Å²) < 4.78 is 0. The maximum absolute atomic E-state index is 12.4. The fraction of sp³-hybridized carbons (Fsp3) is 0.714. The Morgan fingerprint density at radius 2 is 2.05 bits per heavy atom. The van der Waals surface area contributed by atoms with Crippen LogP contribution in [0.25, 0.3) is 0 Å². The monoisotopic (exact) mass is 353 g/mol. The number of carbonyl (C=O) groups is 1. The fourth-order valence-corrected chi connectivity index (χ4v) is 3.37. The normalized spacial score (nSPS) is 15.2. The average Bonchev–Trinajstić information content (AvgIpc) is 2.85. The van der Waals surface area contributed by atoms with Gasteiger partial charge in [-0.2, -0.15) is 0 Å². The highest BCUT2D eigenvalue weighted by Gasteiger charge is 2.24. The van der Waals surface area contributed by atoms with Gasteiger partial charge in [0.15, 0.2) is 0 Å². The molecular weight excluding hydrogens is 329 g/mol. The summed E-state index contributed by atoms with van der Waals surface area (Å²) in [5.74, 6) is 0.648. The molecule has 1 aliphatic rings. The molecule has 0 aromatic carbocycles. The molecule has 2 rings (SSSR count). The highest BCUT2D eigenvalue weighted by Crippen LogP contribution is 2.18. The lowest BCUT2D eigenvalue weighted by Gasteiger charge is -2.31. The predicted molar refractivity (Wildman–Crippen MR) is 93.1 cm³/mol. The molecule has 0 saturated carbocycles. The molecule has 1 aromatic rings. The van der Waals surface area contributed by atoms with Gasteiger partial charge in [0.25, 0.3) is 5.91 Å². The van der Waals surface area contributed by atoms with Gasteiger partial charge in [-0.3, -0.25) is 4.79 Å². The van der Waals surface area contributed by atoms with Crippen molar-refractivity contribution >= 4 is 42.1 Å². The molecule has 0 radical (unpaired) electrons. The molecular formula is C14H25Cl2N3OS. The van der Waals surface area contributed by atoms with Gasteiger partial charge < -0.3 is 10.2 Å². The molecule has 7 heteroatoms. The number of hydrogen-bond acceptors (Lipinski definition) is 4. The van der Waals surface area contributed by atoms with E-state index < -0.39 is 0 Å². The number of aromatic nitrogens is 1. The van der Waals surface area contributed by atoms with Crippen molar-refractivity contribution in [2.75, 3.05) is 20.1 Å². The second-order valence-electron chi connectivity index (χ2n) is 5.62. The fourth-order valence-electron chi connectivity index (χ4n) is 2.39. The van der Waals surface area contributed by atoms with Crippen molar-refractivity contribution in [2.45, 2.75) is 39.2 Å². The molecule has 1 fully saturated rings. The van der Waals surface area contributed by atoms with Crippen molar-refractivity contribution in [3.8, 4) is 0 Å². The molecule has 0 bridgehead atoms. The lowest BCUT2D eigenvalue weighted by Crippen LogP contribution is -2.44. The van der Waals surface area contributed by atoms with E-state index in [-0.39, 0.29) is 30.7 Å². The lowest BCUT2D eigenvalue weighted by atomic mass is 10.1. The van der Waals surface area contributed by atoms with Gasteiger partial charge in [0.1, 0.15) is 5.69 Å². The SMILES string of the molecule is CC(C)Cc1nc(C(=O)N(C)C2CCNCC2)cs1.Cl.Cl. The Balaban J connectivity index is 0.00000200. The van der Waals surface area contributed by atoms with Crippen LogP contribution in [0.5, 0.6) is 0 Å². The lowest BCUT2D eigenvalue weighted by molar-refractivity contribution is 0.0698. The maximum Gasteiger partial charge on any atom is 0.273 e. The molecule has 0 atom stereocenters. The Morgan fingerprint density at radius 1 is 1.43 bits per heavy atom. The summed E-state index contributed by atoms with van der Waals surface area (Å²) in [5, 5.41) is 6.29. The van der Waals surface area contributed by atoms with E-state index in [0.29, 0.717) is 17.7 Å². The van der Waals surface area contributed by atoms with Crippen molar-refractivity contribution in [3.05, 3.63) is 16.1 Å². The summed E-state index contributed by atoms with van der Waals surface area (Å²) in [5.41, 5.74) is 0.613. The zero-order valence-electron chi connectivity index (χ0n) is 12.8. The minimum absolute atomic E-state index is 0. The van der Waals surface area contributed by atoms with Gasteiger partial charge in [-0.05, 0) is 31.8 Å². The Kier molecular flexibility index (Phi) is 9.45. The van der Waals surface area contributed by atoms with Gasteiger partial charge in [0, 0.05) is 24.9 Å². The van der Waals surface area contributed by atoms with Gasteiger partial charge in [-0.15, -0.1) is 36.2 Å².